The number of hydrogen-bond donors (Lipinski definition) is 0. The topological polar surface area (TPSA) is 88.0 Å². The van der Waals surface area contributed by atoms with Crippen LogP contribution in [0.5, 0.6) is 0 Å². The van der Waals surface area contributed by atoms with Gasteiger partial charge in [0.05, 0.1) is 18.9 Å². The molecule has 0 saturated carbocycles. The molecule has 0 unspecified atom stereocenters. The van der Waals surface area contributed by atoms with E-state index in [4.69, 9.17) is 9.26 Å². The van der Waals surface area contributed by atoms with Gasteiger partial charge >= 0.3 is 0 Å². The zero-order valence-electron chi connectivity index (χ0n) is 19.5. The summed E-state index contributed by atoms with van der Waals surface area (Å²) in [6, 6.07) is 11.9. The molecule has 0 fully saturated rings. The lowest BCUT2D eigenvalue weighted by Crippen LogP contribution is -2.10. The zero-order valence-corrected chi connectivity index (χ0v) is 20.3. The molecule has 0 aliphatic rings. The maximum Gasteiger partial charge on any atom is 0.192 e. The van der Waals surface area contributed by atoms with E-state index in [9.17, 15) is 4.79 Å². The fourth-order valence-corrected chi connectivity index (χ4v) is 4.69. The first-order chi connectivity index (χ1) is 15.9. The molecule has 0 amide bonds. The number of rotatable bonds is 9. The summed E-state index contributed by atoms with van der Waals surface area (Å²) in [6.45, 7) is 8.89. The molecule has 0 atom stereocenters. The van der Waals surface area contributed by atoms with E-state index in [1.165, 1.54) is 11.8 Å². The number of ether oxygens (including phenoxy) is 1. The Morgan fingerprint density at radius 2 is 1.94 bits per heavy atom. The van der Waals surface area contributed by atoms with Crippen molar-refractivity contribution in [1.82, 2.24) is 24.5 Å². The van der Waals surface area contributed by atoms with E-state index in [1.54, 1.807) is 7.11 Å². The summed E-state index contributed by atoms with van der Waals surface area (Å²) in [7, 11) is 1.67. The van der Waals surface area contributed by atoms with Crippen molar-refractivity contribution in [3.8, 4) is 17.2 Å². The van der Waals surface area contributed by atoms with E-state index in [2.05, 4.69) is 21.4 Å². The van der Waals surface area contributed by atoms with Crippen molar-refractivity contribution < 1.29 is 14.1 Å². The third kappa shape index (κ3) is 4.79. The van der Waals surface area contributed by atoms with Gasteiger partial charge in [-0.3, -0.25) is 13.9 Å². The van der Waals surface area contributed by atoms with Crippen LogP contribution < -0.4 is 0 Å². The first-order valence-electron chi connectivity index (χ1n) is 10.7. The number of aromatic nitrogens is 5. The highest BCUT2D eigenvalue weighted by Crippen LogP contribution is 2.27. The predicted molar refractivity (Wildman–Crippen MR) is 127 cm³/mol. The summed E-state index contributed by atoms with van der Waals surface area (Å²) >= 11 is 1.38. The minimum absolute atomic E-state index is 0.0259. The average molecular weight is 466 g/mol. The maximum atomic E-state index is 13.1. The van der Waals surface area contributed by atoms with Crippen molar-refractivity contribution in [3.05, 3.63) is 64.7 Å². The Morgan fingerprint density at radius 1 is 1.12 bits per heavy atom. The van der Waals surface area contributed by atoms with E-state index < -0.39 is 0 Å². The van der Waals surface area contributed by atoms with Gasteiger partial charge in [-0.15, -0.1) is 10.2 Å². The number of Topliss-reactive ketones (excluding diaryl/α,β-unsaturated/α-hetero) is 1. The highest BCUT2D eigenvalue weighted by Gasteiger charge is 2.21. The van der Waals surface area contributed by atoms with Gasteiger partial charge in [0.2, 0.25) is 0 Å². The Labute approximate surface area is 196 Å². The van der Waals surface area contributed by atoms with Crippen molar-refractivity contribution in [3.63, 3.8) is 0 Å². The van der Waals surface area contributed by atoms with E-state index in [0.29, 0.717) is 29.7 Å². The molecule has 4 rings (SSSR count). The van der Waals surface area contributed by atoms with Crippen LogP contribution in [0.15, 0.2) is 46.1 Å². The number of carbonyl (C=O) groups is 1. The molecule has 0 N–H and O–H groups in total. The van der Waals surface area contributed by atoms with Gasteiger partial charge in [0.25, 0.3) is 0 Å². The summed E-state index contributed by atoms with van der Waals surface area (Å²) in [6.07, 6.45) is 0. The molecule has 0 aliphatic heterocycles. The van der Waals surface area contributed by atoms with Crippen molar-refractivity contribution in [1.29, 1.82) is 0 Å². The number of benzene rings is 1. The standard InChI is InChI=1S/C24H27N5O3S/c1-15-7-6-8-19(11-15)23-25-26-24(28(23)9-10-31-5)33-14-21(30)20-12-16(2)29(18(20)4)22-13-17(3)32-27-22/h6-8,11-13H,9-10,14H2,1-5H3. The first kappa shape index (κ1) is 23.0. The quantitative estimate of drug-likeness (QED) is 0.264. The summed E-state index contributed by atoms with van der Waals surface area (Å²) in [4.78, 5) is 13.1. The number of ketones is 1. The molecule has 0 spiro atoms. The maximum absolute atomic E-state index is 13.1. The van der Waals surface area contributed by atoms with Crippen molar-refractivity contribution in [2.24, 2.45) is 0 Å². The van der Waals surface area contributed by atoms with Crippen LogP contribution >= 0.6 is 11.8 Å². The molecule has 0 bridgehead atoms. The largest absolute Gasteiger partial charge is 0.383 e. The lowest BCUT2D eigenvalue weighted by Gasteiger charge is -2.10. The van der Waals surface area contributed by atoms with Crippen molar-refractivity contribution in [2.45, 2.75) is 39.4 Å². The van der Waals surface area contributed by atoms with Gasteiger partial charge < -0.3 is 9.26 Å². The molecular weight excluding hydrogens is 438 g/mol. The molecule has 0 saturated heterocycles. The van der Waals surface area contributed by atoms with E-state index in [0.717, 1.165) is 34.1 Å². The number of hydrogen-bond acceptors (Lipinski definition) is 7. The molecule has 33 heavy (non-hydrogen) atoms. The predicted octanol–water partition coefficient (Wildman–Crippen LogP) is 4.58. The molecule has 0 aliphatic carbocycles. The number of methoxy groups -OCH3 is 1. The second-order valence-corrected chi connectivity index (χ2v) is 8.89. The number of carbonyl (C=O) groups excluding carboxylic acids is 1. The molecule has 172 valence electrons. The summed E-state index contributed by atoms with van der Waals surface area (Å²) in [5.41, 5.74) is 4.58. The minimum Gasteiger partial charge on any atom is -0.383 e. The Hall–Kier alpha value is -3.17. The number of aryl methyl sites for hydroxylation is 3. The monoisotopic (exact) mass is 465 g/mol. The lowest BCUT2D eigenvalue weighted by molar-refractivity contribution is 0.102. The minimum atomic E-state index is 0.0259. The fourth-order valence-electron chi connectivity index (χ4n) is 3.84. The molecule has 3 heterocycles. The van der Waals surface area contributed by atoms with E-state index in [1.807, 2.05) is 67.2 Å². The van der Waals surface area contributed by atoms with Crippen LogP contribution in [0.3, 0.4) is 0 Å². The SMILES string of the molecule is COCCn1c(SCC(=O)c2cc(C)n(-c3cc(C)on3)c2C)nnc1-c1cccc(C)c1. The van der Waals surface area contributed by atoms with Gasteiger partial charge in [-0.05, 0) is 39.8 Å². The van der Waals surface area contributed by atoms with Crippen LogP contribution in [-0.2, 0) is 11.3 Å². The smallest absolute Gasteiger partial charge is 0.192 e. The highest BCUT2D eigenvalue weighted by molar-refractivity contribution is 7.99. The van der Waals surface area contributed by atoms with Crippen LogP contribution in [0.2, 0.25) is 0 Å². The Kier molecular flexibility index (Phi) is 6.80. The summed E-state index contributed by atoms with van der Waals surface area (Å²) in [5.74, 6) is 2.45. The first-order valence-corrected chi connectivity index (χ1v) is 11.7. The van der Waals surface area contributed by atoms with Crippen molar-refractivity contribution >= 4 is 17.5 Å². The second kappa shape index (κ2) is 9.76. The van der Waals surface area contributed by atoms with Gasteiger partial charge in [0.15, 0.2) is 22.6 Å². The Bertz CT molecular complexity index is 1290. The lowest BCUT2D eigenvalue weighted by atomic mass is 10.1. The van der Waals surface area contributed by atoms with E-state index >= 15 is 0 Å². The van der Waals surface area contributed by atoms with E-state index in [-0.39, 0.29) is 11.5 Å². The third-order valence-corrected chi connectivity index (χ3v) is 6.39. The van der Waals surface area contributed by atoms with Crippen LogP contribution in [0, 0.1) is 27.7 Å². The van der Waals surface area contributed by atoms with Crippen LogP contribution in [0.1, 0.15) is 33.1 Å². The molecule has 4 aromatic rings. The molecule has 9 heteroatoms. The average Bonchev–Trinajstić information content (AvgIpc) is 3.47. The Morgan fingerprint density at radius 3 is 2.64 bits per heavy atom. The van der Waals surface area contributed by atoms with Gasteiger partial charge in [0, 0.05) is 35.7 Å². The van der Waals surface area contributed by atoms with Gasteiger partial charge in [-0.25, -0.2) is 0 Å². The van der Waals surface area contributed by atoms with Gasteiger partial charge in [-0.2, -0.15) is 0 Å². The summed E-state index contributed by atoms with van der Waals surface area (Å²) in [5, 5.41) is 13.6. The molecule has 1 aromatic carbocycles. The zero-order chi connectivity index (χ0) is 23.5. The van der Waals surface area contributed by atoms with Gasteiger partial charge in [0.1, 0.15) is 5.76 Å². The summed E-state index contributed by atoms with van der Waals surface area (Å²) < 4.78 is 14.4. The third-order valence-electron chi connectivity index (χ3n) is 5.42. The number of thioether (sulfide) groups is 1. The van der Waals surface area contributed by atoms with Crippen LogP contribution in [0.4, 0.5) is 0 Å². The highest BCUT2D eigenvalue weighted by atomic mass is 32.2. The van der Waals surface area contributed by atoms with Gasteiger partial charge in [-0.1, -0.05) is 40.7 Å². The number of nitrogens with zero attached hydrogens (tertiary/aromatic N) is 5. The molecule has 8 nitrogen and oxygen atoms in total. The fraction of sp³-hybridized carbons (Fsp3) is 0.333. The molecule has 0 radical (unpaired) electrons. The molecular formula is C24H27N5O3S. The van der Waals surface area contributed by atoms with Crippen LogP contribution in [-0.4, -0.2) is 49.7 Å². The van der Waals surface area contributed by atoms with Crippen LogP contribution in [0.25, 0.3) is 17.2 Å². The Balaban J connectivity index is 1.56. The second-order valence-electron chi connectivity index (χ2n) is 7.95. The normalized spacial score (nSPS) is 11.3. The molecule has 3 aromatic heterocycles. The van der Waals surface area contributed by atoms with Crippen molar-refractivity contribution in [2.75, 3.05) is 19.5 Å².